The van der Waals surface area contributed by atoms with Gasteiger partial charge in [0, 0.05) is 11.2 Å². The number of phenolic OH excluding ortho intramolecular Hbond substituents is 1. The van der Waals surface area contributed by atoms with Gasteiger partial charge in [0.1, 0.15) is 11.3 Å². The number of aromatic nitrogens is 1. The number of pyridine rings is 1. The molecule has 0 spiro atoms. The number of ether oxygens (including phenoxy) is 1. The van der Waals surface area contributed by atoms with E-state index in [2.05, 4.69) is 15.0 Å². The van der Waals surface area contributed by atoms with Crippen LogP contribution in [0.3, 0.4) is 0 Å². The zero-order valence-corrected chi connectivity index (χ0v) is 16.7. The van der Waals surface area contributed by atoms with E-state index in [1.807, 2.05) is 0 Å². The van der Waals surface area contributed by atoms with Crippen LogP contribution >= 0.6 is 11.6 Å². The number of halogens is 1. The largest absolute Gasteiger partial charge is 0.506 e. The van der Waals surface area contributed by atoms with Crippen molar-refractivity contribution in [2.75, 3.05) is 17.1 Å². The summed E-state index contributed by atoms with van der Waals surface area (Å²) >= 11 is 5.88. The van der Waals surface area contributed by atoms with Gasteiger partial charge in [-0.25, -0.2) is 13.4 Å². The third kappa shape index (κ3) is 4.76. The Bertz CT molecular complexity index is 1170. The van der Waals surface area contributed by atoms with E-state index in [1.165, 1.54) is 37.6 Å². The Morgan fingerprint density at radius 3 is 2.66 bits per heavy atom. The molecule has 150 valence electrons. The lowest BCUT2D eigenvalue weighted by Crippen LogP contribution is -2.16. The highest BCUT2D eigenvalue weighted by Crippen LogP contribution is 2.29. The van der Waals surface area contributed by atoms with Crippen molar-refractivity contribution in [3.05, 3.63) is 71.4 Å². The maximum Gasteiger partial charge on any atom is 0.261 e. The van der Waals surface area contributed by atoms with Crippen LogP contribution in [-0.2, 0) is 10.0 Å². The fourth-order valence-corrected chi connectivity index (χ4v) is 3.73. The molecule has 3 N–H and O–H groups in total. The number of methoxy groups -OCH3 is 1. The van der Waals surface area contributed by atoms with E-state index in [1.54, 1.807) is 24.3 Å². The molecule has 3 aromatic rings. The monoisotopic (exact) mass is 433 g/mol. The van der Waals surface area contributed by atoms with E-state index in [0.29, 0.717) is 5.02 Å². The molecule has 0 radical (unpaired) electrons. The molecule has 2 aromatic carbocycles. The number of rotatable bonds is 6. The van der Waals surface area contributed by atoms with Crippen molar-refractivity contribution in [1.82, 2.24) is 4.98 Å². The zero-order chi connectivity index (χ0) is 21.0. The van der Waals surface area contributed by atoms with Gasteiger partial charge in [-0.3, -0.25) is 9.52 Å². The summed E-state index contributed by atoms with van der Waals surface area (Å²) in [5.41, 5.74) is 0.311. The molecule has 1 heterocycles. The summed E-state index contributed by atoms with van der Waals surface area (Å²) in [5, 5.41) is 12.9. The minimum atomic E-state index is -3.99. The molecule has 0 aliphatic carbocycles. The molecule has 10 heteroatoms. The summed E-state index contributed by atoms with van der Waals surface area (Å²) in [4.78, 5) is 16.3. The highest BCUT2D eigenvalue weighted by atomic mass is 35.5. The number of nitrogens with zero attached hydrogens (tertiary/aromatic N) is 1. The van der Waals surface area contributed by atoms with Crippen LogP contribution < -0.4 is 14.8 Å². The van der Waals surface area contributed by atoms with Crippen LogP contribution in [0.5, 0.6) is 11.6 Å². The molecule has 29 heavy (non-hydrogen) atoms. The quantitative estimate of drug-likeness (QED) is 0.512. The lowest BCUT2D eigenvalue weighted by Gasteiger charge is -2.12. The Kier molecular flexibility index (Phi) is 5.90. The number of carbonyl (C=O) groups excluding carboxylic acids is 1. The summed E-state index contributed by atoms with van der Waals surface area (Å²) < 4.78 is 32.7. The summed E-state index contributed by atoms with van der Waals surface area (Å²) in [7, 11) is -2.62. The Morgan fingerprint density at radius 1 is 1.14 bits per heavy atom. The van der Waals surface area contributed by atoms with E-state index < -0.39 is 15.9 Å². The summed E-state index contributed by atoms with van der Waals surface area (Å²) in [6.07, 6.45) is 1.46. The smallest absolute Gasteiger partial charge is 0.261 e. The van der Waals surface area contributed by atoms with Gasteiger partial charge in [-0.1, -0.05) is 17.7 Å². The fourth-order valence-electron chi connectivity index (χ4n) is 2.46. The Hall–Kier alpha value is -3.30. The molecule has 0 saturated heterocycles. The highest BCUT2D eigenvalue weighted by molar-refractivity contribution is 7.92. The lowest BCUT2D eigenvalue weighted by molar-refractivity contribution is 0.102. The maximum atomic E-state index is 12.7. The topological polar surface area (TPSA) is 118 Å². The molecular formula is C19H16ClN3O5S. The fraction of sp³-hybridized carbons (Fsp3) is 0.0526. The number of carbonyl (C=O) groups is 1. The van der Waals surface area contributed by atoms with Gasteiger partial charge in [-0.05, 0) is 48.5 Å². The molecule has 0 saturated carbocycles. The van der Waals surface area contributed by atoms with Crippen molar-refractivity contribution < 1.29 is 23.1 Å². The second kappa shape index (κ2) is 8.38. The molecule has 0 unspecified atom stereocenters. The minimum absolute atomic E-state index is 0.0881. The van der Waals surface area contributed by atoms with Crippen molar-refractivity contribution in [2.24, 2.45) is 0 Å². The van der Waals surface area contributed by atoms with Gasteiger partial charge in [0.2, 0.25) is 5.88 Å². The Balaban J connectivity index is 1.88. The number of nitrogens with one attached hydrogen (secondary N) is 2. The number of benzene rings is 2. The van der Waals surface area contributed by atoms with Crippen LogP contribution in [-0.4, -0.2) is 31.5 Å². The number of anilines is 2. The number of amides is 1. The van der Waals surface area contributed by atoms with E-state index in [4.69, 9.17) is 16.3 Å². The number of hydrogen-bond donors (Lipinski definition) is 3. The molecule has 0 fully saturated rings. The molecule has 0 bridgehead atoms. The third-order valence-electron chi connectivity index (χ3n) is 3.81. The van der Waals surface area contributed by atoms with Gasteiger partial charge in [0.05, 0.1) is 23.4 Å². The molecule has 3 rings (SSSR count). The predicted octanol–water partition coefficient (Wildman–Crippen LogP) is 3.50. The predicted molar refractivity (Wildman–Crippen MR) is 109 cm³/mol. The molecule has 1 aromatic heterocycles. The first kappa shape index (κ1) is 20.4. The lowest BCUT2D eigenvalue weighted by atomic mass is 10.2. The Morgan fingerprint density at radius 2 is 1.93 bits per heavy atom. The van der Waals surface area contributed by atoms with E-state index in [9.17, 15) is 18.3 Å². The van der Waals surface area contributed by atoms with E-state index in [-0.39, 0.29) is 33.5 Å². The van der Waals surface area contributed by atoms with Crippen molar-refractivity contribution in [1.29, 1.82) is 0 Å². The molecule has 0 aliphatic rings. The first-order valence-electron chi connectivity index (χ1n) is 8.22. The average molecular weight is 434 g/mol. The van der Waals surface area contributed by atoms with Crippen molar-refractivity contribution in [3.8, 4) is 11.6 Å². The number of phenols is 1. The van der Waals surface area contributed by atoms with Gasteiger partial charge >= 0.3 is 0 Å². The van der Waals surface area contributed by atoms with Crippen LogP contribution in [0.1, 0.15) is 10.4 Å². The van der Waals surface area contributed by atoms with Crippen molar-refractivity contribution in [2.45, 2.75) is 4.90 Å². The minimum Gasteiger partial charge on any atom is -0.506 e. The maximum absolute atomic E-state index is 12.7. The van der Waals surface area contributed by atoms with Crippen LogP contribution in [0.25, 0.3) is 0 Å². The second-order valence-corrected chi connectivity index (χ2v) is 7.93. The first-order valence-corrected chi connectivity index (χ1v) is 10.1. The van der Waals surface area contributed by atoms with Crippen LogP contribution in [0.15, 0.2) is 65.7 Å². The van der Waals surface area contributed by atoms with E-state index >= 15 is 0 Å². The van der Waals surface area contributed by atoms with Gasteiger partial charge < -0.3 is 15.2 Å². The summed E-state index contributed by atoms with van der Waals surface area (Å²) in [6, 6.07) is 12.8. The summed E-state index contributed by atoms with van der Waals surface area (Å²) in [6.45, 7) is 0. The average Bonchev–Trinajstić information content (AvgIpc) is 2.69. The van der Waals surface area contributed by atoms with Gasteiger partial charge in [-0.2, -0.15) is 0 Å². The molecule has 8 nitrogen and oxygen atoms in total. The zero-order valence-electron chi connectivity index (χ0n) is 15.1. The van der Waals surface area contributed by atoms with Gasteiger partial charge in [0.25, 0.3) is 15.9 Å². The van der Waals surface area contributed by atoms with Crippen molar-refractivity contribution in [3.63, 3.8) is 0 Å². The highest BCUT2D eigenvalue weighted by Gasteiger charge is 2.19. The summed E-state index contributed by atoms with van der Waals surface area (Å²) in [5.74, 6) is -0.832. The van der Waals surface area contributed by atoms with Crippen LogP contribution in [0.2, 0.25) is 5.02 Å². The molecular weight excluding hydrogens is 418 g/mol. The molecule has 1 amide bonds. The van der Waals surface area contributed by atoms with Crippen LogP contribution in [0, 0.1) is 0 Å². The molecule has 0 aliphatic heterocycles. The number of hydrogen-bond acceptors (Lipinski definition) is 6. The van der Waals surface area contributed by atoms with Gasteiger partial charge in [0.15, 0.2) is 0 Å². The SMILES string of the molecule is COc1ncccc1C(=O)Nc1cc(S(=O)(=O)Nc2cccc(Cl)c2)ccc1O. The first-order chi connectivity index (χ1) is 13.8. The number of aromatic hydroxyl groups is 1. The van der Waals surface area contributed by atoms with Crippen molar-refractivity contribution >= 4 is 38.9 Å². The van der Waals surface area contributed by atoms with Gasteiger partial charge in [-0.15, -0.1) is 0 Å². The Labute approximate surface area is 172 Å². The molecule has 0 atom stereocenters. The van der Waals surface area contributed by atoms with Crippen LogP contribution in [0.4, 0.5) is 11.4 Å². The number of sulfonamides is 1. The normalized spacial score (nSPS) is 11.0. The van der Waals surface area contributed by atoms with E-state index in [0.717, 1.165) is 6.07 Å². The standard InChI is InChI=1S/C19H16ClN3O5S/c1-28-19-15(6-3-9-21-19)18(25)22-16-11-14(7-8-17(16)24)29(26,27)23-13-5-2-4-12(20)10-13/h2-11,23-24H,1H3,(H,22,25). The second-order valence-electron chi connectivity index (χ2n) is 5.81. The third-order valence-corrected chi connectivity index (χ3v) is 5.43.